The highest BCUT2D eigenvalue weighted by Crippen LogP contribution is 2.20. The van der Waals surface area contributed by atoms with Crippen LogP contribution in [-0.2, 0) is 4.79 Å². The maximum Gasteiger partial charge on any atom is 0.242 e. The van der Waals surface area contributed by atoms with Crippen LogP contribution in [0.4, 0.5) is 5.69 Å². The maximum atomic E-state index is 12.3. The van der Waals surface area contributed by atoms with Crippen molar-refractivity contribution in [3.05, 3.63) is 29.8 Å². The summed E-state index contributed by atoms with van der Waals surface area (Å²) in [6.07, 6.45) is 0.865. The molecule has 0 bridgehead atoms. The minimum Gasteiger partial charge on any atom is -0.362 e. The largest absolute Gasteiger partial charge is 0.362 e. The number of hydrogen-bond acceptors (Lipinski definition) is 3. The molecule has 108 valence electrons. The third-order valence-electron chi connectivity index (χ3n) is 3.71. The van der Waals surface area contributed by atoms with Gasteiger partial charge in [-0.3, -0.25) is 4.79 Å². The second kappa shape index (κ2) is 6.42. The molecule has 1 aromatic carbocycles. The molecule has 1 aromatic rings. The number of nitrogens with zero attached hydrogens (tertiary/aromatic N) is 2. The van der Waals surface area contributed by atoms with Gasteiger partial charge < -0.3 is 10.2 Å². The molecule has 4 heteroatoms. The Morgan fingerprint density at radius 1 is 1.45 bits per heavy atom. The number of likely N-dealkylation sites (N-methyl/N-ethyl adjacent to an activating group) is 1. The number of hydrogen-bond donors (Lipinski definition) is 1. The highest BCUT2D eigenvalue weighted by atomic mass is 16.2. The van der Waals surface area contributed by atoms with Crippen LogP contribution in [0.25, 0.3) is 0 Å². The summed E-state index contributed by atoms with van der Waals surface area (Å²) in [4.78, 5) is 14.1. The summed E-state index contributed by atoms with van der Waals surface area (Å²) in [6, 6.07) is 9.12. The number of para-hydroxylation sites is 1. The third-order valence-corrected chi connectivity index (χ3v) is 3.71. The van der Waals surface area contributed by atoms with Crippen molar-refractivity contribution in [1.29, 1.82) is 5.26 Å². The normalized spacial score (nSPS) is 12.4. The average Bonchev–Trinajstić information content (AvgIpc) is 2.45. The number of nitrogens with one attached hydrogen (secondary N) is 1. The molecule has 1 unspecified atom stereocenters. The second-order valence-electron chi connectivity index (χ2n) is 5.64. The maximum absolute atomic E-state index is 12.3. The number of anilines is 1. The number of benzene rings is 1. The van der Waals surface area contributed by atoms with Gasteiger partial charge in [-0.1, -0.05) is 19.1 Å². The summed E-state index contributed by atoms with van der Waals surface area (Å²) in [5.41, 5.74) is 1.12. The van der Waals surface area contributed by atoms with Gasteiger partial charge in [0.15, 0.2) is 0 Å². The zero-order valence-electron chi connectivity index (χ0n) is 12.9. The van der Waals surface area contributed by atoms with E-state index in [0.29, 0.717) is 5.56 Å². The van der Waals surface area contributed by atoms with Gasteiger partial charge >= 0.3 is 0 Å². The van der Waals surface area contributed by atoms with Gasteiger partial charge in [-0.2, -0.15) is 5.26 Å². The van der Waals surface area contributed by atoms with Crippen LogP contribution in [0.2, 0.25) is 0 Å². The summed E-state index contributed by atoms with van der Waals surface area (Å²) < 4.78 is 0. The van der Waals surface area contributed by atoms with Gasteiger partial charge in [-0.05, 0) is 39.3 Å². The lowest BCUT2D eigenvalue weighted by molar-refractivity contribution is -0.123. The molecule has 0 aliphatic heterocycles. The molecule has 4 nitrogen and oxygen atoms in total. The monoisotopic (exact) mass is 273 g/mol. The molecule has 0 saturated heterocycles. The molecule has 0 aliphatic carbocycles. The first-order chi connectivity index (χ1) is 9.32. The van der Waals surface area contributed by atoms with Crippen LogP contribution in [-0.4, -0.2) is 24.5 Å². The molecule has 1 atom stereocenters. The Balaban J connectivity index is 2.89. The first-order valence-corrected chi connectivity index (χ1v) is 6.86. The number of amides is 1. The molecule has 0 saturated carbocycles. The molecular weight excluding hydrogens is 250 g/mol. The first-order valence-electron chi connectivity index (χ1n) is 6.86. The van der Waals surface area contributed by atoms with Gasteiger partial charge in [-0.15, -0.1) is 0 Å². The number of carbonyl (C=O) groups excluding carboxylic acids is 1. The zero-order valence-corrected chi connectivity index (χ0v) is 12.9. The van der Waals surface area contributed by atoms with Gasteiger partial charge in [0.25, 0.3) is 0 Å². The van der Waals surface area contributed by atoms with E-state index in [9.17, 15) is 4.79 Å². The summed E-state index contributed by atoms with van der Waals surface area (Å²) >= 11 is 0. The van der Waals surface area contributed by atoms with Crippen molar-refractivity contribution in [2.24, 2.45) is 0 Å². The van der Waals surface area contributed by atoms with E-state index in [4.69, 9.17) is 5.26 Å². The van der Waals surface area contributed by atoms with Gasteiger partial charge in [0.2, 0.25) is 5.91 Å². The van der Waals surface area contributed by atoms with E-state index >= 15 is 0 Å². The first kappa shape index (κ1) is 16.0. The van der Waals surface area contributed by atoms with Crippen LogP contribution in [0.3, 0.4) is 0 Å². The van der Waals surface area contributed by atoms with Crippen molar-refractivity contribution < 1.29 is 4.79 Å². The predicted molar refractivity (Wildman–Crippen MR) is 81.5 cm³/mol. The van der Waals surface area contributed by atoms with E-state index in [1.165, 1.54) is 0 Å². The minimum absolute atomic E-state index is 0.0351. The number of carbonyl (C=O) groups is 1. The Bertz CT molecular complexity index is 517. The Labute approximate surface area is 121 Å². The summed E-state index contributed by atoms with van der Waals surface area (Å²) in [5.74, 6) is -0.0351. The fourth-order valence-corrected chi connectivity index (χ4v) is 1.79. The van der Waals surface area contributed by atoms with Crippen molar-refractivity contribution in [3.63, 3.8) is 0 Å². The van der Waals surface area contributed by atoms with Crippen molar-refractivity contribution >= 4 is 11.6 Å². The highest BCUT2D eigenvalue weighted by molar-refractivity contribution is 5.85. The summed E-state index contributed by atoms with van der Waals surface area (Å²) in [6.45, 7) is 7.89. The molecule has 0 heterocycles. The van der Waals surface area contributed by atoms with Crippen molar-refractivity contribution in [1.82, 2.24) is 5.32 Å². The van der Waals surface area contributed by atoms with E-state index < -0.39 is 0 Å². The van der Waals surface area contributed by atoms with E-state index in [2.05, 4.69) is 11.4 Å². The minimum atomic E-state index is -0.338. The number of rotatable bonds is 5. The lowest BCUT2D eigenvalue weighted by atomic mass is 10.0. The van der Waals surface area contributed by atoms with Crippen LogP contribution in [0, 0.1) is 11.3 Å². The predicted octanol–water partition coefficient (Wildman–Crippen LogP) is 2.69. The number of nitriles is 1. The lowest BCUT2D eigenvalue weighted by Crippen LogP contribution is -2.51. The van der Waals surface area contributed by atoms with E-state index in [1.807, 2.05) is 57.8 Å². The highest BCUT2D eigenvalue weighted by Gasteiger charge is 2.25. The van der Waals surface area contributed by atoms with Crippen molar-refractivity contribution in [2.75, 3.05) is 11.9 Å². The van der Waals surface area contributed by atoms with Crippen molar-refractivity contribution in [2.45, 2.75) is 45.7 Å². The molecule has 1 N–H and O–H groups in total. The van der Waals surface area contributed by atoms with Gasteiger partial charge in [-0.25, -0.2) is 0 Å². The third kappa shape index (κ3) is 3.74. The zero-order chi connectivity index (χ0) is 15.3. The molecule has 0 fully saturated rings. The smallest absolute Gasteiger partial charge is 0.242 e. The Morgan fingerprint density at radius 3 is 2.60 bits per heavy atom. The van der Waals surface area contributed by atoms with E-state index in [0.717, 1.165) is 12.1 Å². The van der Waals surface area contributed by atoms with Gasteiger partial charge in [0.1, 0.15) is 12.1 Å². The lowest BCUT2D eigenvalue weighted by Gasteiger charge is -2.31. The summed E-state index contributed by atoms with van der Waals surface area (Å²) in [5, 5.41) is 12.2. The van der Waals surface area contributed by atoms with Crippen LogP contribution < -0.4 is 10.2 Å². The molecule has 1 amide bonds. The van der Waals surface area contributed by atoms with E-state index in [-0.39, 0.29) is 17.5 Å². The topological polar surface area (TPSA) is 56.1 Å². The summed E-state index contributed by atoms with van der Waals surface area (Å²) in [7, 11) is 1.83. The van der Waals surface area contributed by atoms with Crippen LogP contribution in [0.5, 0.6) is 0 Å². The molecule has 0 radical (unpaired) electrons. The van der Waals surface area contributed by atoms with Gasteiger partial charge in [0, 0.05) is 12.6 Å². The molecule has 20 heavy (non-hydrogen) atoms. The molecular formula is C16H23N3O. The quantitative estimate of drug-likeness (QED) is 0.897. The standard InChI is InChI=1S/C16H23N3O/c1-6-16(3,4)18-15(20)12(2)19(5)14-10-8-7-9-13(14)11-17/h7-10,12H,6H2,1-5H3,(H,18,20). The molecule has 0 spiro atoms. The van der Waals surface area contributed by atoms with Crippen LogP contribution in [0.15, 0.2) is 24.3 Å². The fraction of sp³-hybridized carbons (Fsp3) is 0.500. The van der Waals surface area contributed by atoms with Crippen molar-refractivity contribution in [3.8, 4) is 6.07 Å². The fourth-order valence-electron chi connectivity index (χ4n) is 1.79. The molecule has 1 rings (SSSR count). The van der Waals surface area contributed by atoms with Crippen LogP contribution in [0.1, 0.15) is 39.7 Å². The average molecular weight is 273 g/mol. The molecule has 0 aromatic heterocycles. The Morgan fingerprint density at radius 2 is 2.05 bits per heavy atom. The Hall–Kier alpha value is -2.02. The SMILES string of the molecule is CCC(C)(C)NC(=O)C(C)N(C)c1ccccc1C#N. The molecule has 0 aliphatic rings. The Kier molecular flexibility index (Phi) is 5.15. The van der Waals surface area contributed by atoms with E-state index in [1.54, 1.807) is 6.07 Å². The second-order valence-corrected chi connectivity index (χ2v) is 5.64. The van der Waals surface area contributed by atoms with Crippen LogP contribution >= 0.6 is 0 Å². The van der Waals surface area contributed by atoms with Gasteiger partial charge in [0.05, 0.1) is 11.3 Å².